The van der Waals surface area contributed by atoms with Crippen molar-refractivity contribution < 1.29 is 58.5 Å². The molecule has 0 saturated heterocycles. The summed E-state index contributed by atoms with van der Waals surface area (Å²) in [6, 6.07) is 92.8. The van der Waals surface area contributed by atoms with Gasteiger partial charge in [-0.2, -0.15) is 11.3 Å². The van der Waals surface area contributed by atoms with Gasteiger partial charge in [-0.1, -0.05) is 251 Å². The summed E-state index contributed by atoms with van der Waals surface area (Å²) in [6.45, 7) is 0.208. The number of hydrogen-bond acceptors (Lipinski definition) is 10. The van der Waals surface area contributed by atoms with Crippen molar-refractivity contribution in [2.24, 2.45) is 0 Å². The van der Waals surface area contributed by atoms with E-state index >= 15 is 0 Å². The lowest BCUT2D eigenvalue weighted by Gasteiger charge is -2.23. The highest BCUT2D eigenvalue weighted by Crippen LogP contribution is 2.38. The minimum atomic E-state index is -0.963. The highest BCUT2D eigenvalue weighted by molar-refractivity contribution is 7.08. The van der Waals surface area contributed by atoms with Crippen LogP contribution in [-0.2, 0) is 48.0 Å². The average molecular weight is 1730 g/mol. The fourth-order valence-electron chi connectivity index (χ4n) is 16.9. The van der Waals surface area contributed by atoms with E-state index in [1.54, 1.807) is 47.7 Å². The maximum absolute atomic E-state index is 13.9. The first kappa shape index (κ1) is 91.8. The normalized spacial score (nSPS) is 13.9. The smallest absolute Gasteiger partial charge is 0.305 e. The third-order valence-corrected chi connectivity index (χ3v) is 24.7. The van der Waals surface area contributed by atoms with Crippen molar-refractivity contribution in [1.82, 2.24) is 16.0 Å². The lowest BCUT2D eigenvalue weighted by atomic mass is 9.83. The van der Waals surface area contributed by atoms with E-state index < -0.39 is 35.7 Å². The second-order valence-electron chi connectivity index (χ2n) is 33.1. The molecule has 0 radical (unpaired) electrons. The van der Waals surface area contributed by atoms with Crippen LogP contribution in [0.5, 0.6) is 0 Å². The summed E-state index contributed by atoms with van der Waals surface area (Å²) in [6.07, 6.45) is 20.5. The third-order valence-electron chi connectivity index (χ3n) is 24.1. The molecule has 2 saturated carbocycles. The summed E-state index contributed by atoms with van der Waals surface area (Å²) >= 11 is 1.64. The zero-order chi connectivity index (χ0) is 89.4. The van der Waals surface area contributed by atoms with E-state index in [-0.39, 0.29) is 74.3 Å². The zero-order valence-electron chi connectivity index (χ0n) is 71.9. The van der Waals surface area contributed by atoms with Crippen molar-refractivity contribution in [3.8, 4) is 33.4 Å². The number of carboxylic acid groups (broad SMARTS) is 3. The van der Waals surface area contributed by atoms with Crippen molar-refractivity contribution in [2.45, 2.75) is 158 Å². The molecular weight excluding hydrogens is 1620 g/mol. The number of carbonyl (C=O) groups excluding carboxylic acids is 6. The summed E-state index contributed by atoms with van der Waals surface area (Å²) in [5.41, 5.74) is 20.8. The molecule has 0 bridgehead atoms. The van der Waals surface area contributed by atoms with Crippen LogP contribution in [0.4, 0.5) is 17.1 Å². The number of carbonyl (C=O) groups is 9. The number of nitrogens with one attached hydrogen (secondary N) is 6. The van der Waals surface area contributed by atoms with Gasteiger partial charge in [0.1, 0.15) is 0 Å². The monoisotopic (exact) mass is 1730 g/mol. The molecule has 3 aliphatic carbocycles. The molecule has 1 heterocycles. The van der Waals surface area contributed by atoms with E-state index in [0.29, 0.717) is 47.8 Å². The maximum Gasteiger partial charge on any atom is 0.305 e. The molecule has 12 aromatic rings. The van der Waals surface area contributed by atoms with Crippen LogP contribution in [0.2, 0.25) is 0 Å². The molecule has 3 unspecified atom stereocenters. The standard InChI is InChI=1S/C37H38N2O4.C37H36N2O4.C35H36N2O4S/c2*40-35(41)22-23-38-36(42)31-16-14-26(15-17-31)24-34(30-20-18-29(19-21-30)27-8-3-1-4-9-27)37(43)39-33-13-7-12-32(25-33)28-10-5-2-6-11-28;38-33(39)17-19-36-34(40)28-11-9-24(10-12-28)21-32(27-15-13-26(14-16-27)25-5-2-1-3-6-25)35(41)37-31-8-4-7-29(22-31)30-18-20-42-23-30/h2,5-7,10-21,25,27,34H,1,3-4,8-9,22-24H2,(H,38,42)(H,39,43)(H,40,41);2,5-8,10-21,25,34H,1,3-4,9,22-24H2,(H,38,42)(H,39,43)(H,40,41);4,7-16,18,20,22-23,25,32H,1-3,5-6,17,19,21H2,(H,36,40)(H,37,41)(H,38,39). The van der Waals surface area contributed by atoms with Gasteiger partial charge in [-0.25, -0.2) is 0 Å². The summed E-state index contributed by atoms with van der Waals surface area (Å²) in [5.74, 6) is -4.26. The Morgan fingerprint density at radius 2 is 0.656 bits per heavy atom. The van der Waals surface area contributed by atoms with E-state index in [4.69, 9.17) is 15.3 Å². The van der Waals surface area contributed by atoms with Crippen LogP contribution in [0.1, 0.15) is 220 Å². The number of thiophene rings is 1. The second kappa shape index (κ2) is 46.9. The zero-order valence-corrected chi connectivity index (χ0v) is 72.8. The third kappa shape index (κ3) is 27.3. The molecule has 11 aromatic carbocycles. The van der Waals surface area contributed by atoms with Crippen LogP contribution < -0.4 is 31.9 Å². The predicted octanol–water partition coefficient (Wildman–Crippen LogP) is 22.7. The summed E-state index contributed by atoms with van der Waals surface area (Å²) in [7, 11) is 0. The van der Waals surface area contributed by atoms with Gasteiger partial charge in [-0.15, -0.1) is 0 Å². The van der Waals surface area contributed by atoms with Crippen LogP contribution in [0.3, 0.4) is 0 Å². The van der Waals surface area contributed by atoms with Gasteiger partial charge in [0.15, 0.2) is 0 Å². The van der Waals surface area contributed by atoms with Crippen LogP contribution >= 0.6 is 11.3 Å². The molecule has 2 fully saturated rings. The molecule has 1 aromatic heterocycles. The van der Waals surface area contributed by atoms with Crippen LogP contribution in [0.25, 0.3) is 39.0 Å². The van der Waals surface area contributed by atoms with Gasteiger partial charge in [0.05, 0.1) is 37.0 Å². The molecule has 19 heteroatoms. The van der Waals surface area contributed by atoms with E-state index in [1.807, 2.05) is 175 Å². The molecule has 128 heavy (non-hydrogen) atoms. The molecular formula is C109H110N6O12S. The van der Waals surface area contributed by atoms with Crippen LogP contribution in [0.15, 0.2) is 302 Å². The number of rotatable bonds is 33. The minimum Gasteiger partial charge on any atom is -0.481 e. The first-order valence-corrected chi connectivity index (χ1v) is 45.4. The highest BCUT2D eigenvalue weighted by atomic mass is 32.1. The lowest BCUT2D eigenvalue weighted by Crippen LogP contribution is -2.26. The molecule has 654 valence electrons. The number of carboxylic acids is 3. The molecule has 6 amide bonds. The van der Waals surface area contributed by atoms with E-state index in [9.17, 15) is 43.2 Å². The van der Waals surface area contributed by atoms with Gasteiger partial charge in [0.25, 0.3) is 17.7 Å². The fraction of sp³-hybridized carbons (Fsp3) is 0.257. The van der Waals surface area contributed by atoms with Gasteiger partial charge in [0, 0.05) is 53.4 Å². The van der Waals surface area contributed by atoms with Crippen molar-refractivity contribution in [3.63, 3.8) is 0 Å². The van der Waals surface area contributed by atoms with Gasteiger partial charge >= 0.3 is 17.9 Å². The van der Waals surface area contributed by atoms with Gasteiger partial charge in [0.2, 0.25) is 17.7 Å². The Kier molecular flexibility index (Phi) is 33.6. The van der Waals surface area contributed by atoms with Crippen molar-refractivity contribution >= 4 is 87.3 Å². The van der Waals surface area contributed by atoms with Crippen molar-refractivity contribution in [1.29, 1.82) is 0 Å². The van der Waals surface area contributed by atoms with Crippen molar-refractivity contribution in [3.05, 3.63) is 369 Å². The number of benzene rings is 11. The van der Waals surface area contributed by atoms with E-state index in [1.165, 1.54) is 99.3 Å². The molecule has 3 atom stereocenters. The topological polar surface area (TPSA) is 286 Å². The Morgan fingerprint density at radius 1 is 0.320 bits per heavy atom. The molecule has 18 nitrogen and oxygen atoms in total. The van der Waals surface area contributed by atoms with Crippen LogP contribution in [-0.4, -0.2) is 88.3 Å². The Morgan fingerprint density at radius 3 is 0.977 bits per heavy atom. The molecule has 0 spiro atoms. The number of anilines is 3. The minimum absolute atomic E-state index is 0.0660. The molecule has 0 aliphatic heterocycles. The van der Waals surface area contributed by atoms with Gasteiger partial charge in [-0.05, 0) is 261 Å². The highest BCUT2D eigenvalue weighted by Gasteiger charge is 2.28. The quantitative estimate of drug-likeness (QED) is 0.0186. The molecule has 9 N–H and O–H groups in total. The second-order valence-corrected chi connectivity index (χ2v) is 33.9. The Labute approximate surface area is 752 Å². The van der Waals surface area contributed by atoms with Crippen molar-refractivity contribution in [2.75, 3.05) is 35.6 Å². The summed E-state index contributed by atoms with van der Waals surface area (Å²) < 4.78 is 0. The Bertz CT molecular complexity index is 5740. The largest absolute Gasteiger partial charge is 0.481 e. The number of aliphatic carboxylic acids is 3. The van der Waals surface area contributed by atoms with E-state index in [2.05, 4.69) is 122 Å². The predicted molar refractivity (Wildman–Crippen MR) is 509 cm³/mol. The maximum atomic E-state index is 13.9. The number of amides is 6. The fourth-order valence-corrected chi connectivity index (χ4v) is 17.6. The number of allylic oxidation sites excluding steroid dienone is 2. The summed E-state index contributed by atoms with van der Waals surface area (Å²) in [5, 5.41) is 47.9. The number of hydrogen-bond donors (Lipinski definition) is 9. The average Bonchev–Trinajstić information content (AvgIpc) is 1.08. The lowest BCUT2D eigenvalue weighted by molar-refractivity contribution is -0.137. The van der Waals surface area contributed by atoms with E-state index in [0.717, 1.165) is 96.7 Å². The van der Waals surface area contributed by atoms with Crippen LogP contribution in [0, 0.1) is 0 Å². The summed E-state index contributed by atoms with van der Waals surface area (Å²) in [4.78, 5) is 111. The van der Waals surface area contributed by atoms with Gasteiger partial charge < -0.3 is 47.2 Å². The Balaban J connectivity index is 0.000000164. The SMILES string of the molecule is O=C(O)CCNC(=O)c1ccc(CC(C(=O)Nc2cccc(-c3ccccc3)c2)c2ccc(C3=CCCCC3)cc2)cc1.O=C(O)CCNC(=O)c1ccc(CC(C(=O)Nc2cccc(-c3ccccc3)c2)c2ccc(C3CCCCC3)cc2)cc1.O=C(O)CCNC(=O)c1ccc(CC(C(=O)Nc2cccc(-c3ccsc3)c2)c2ccc(C3CCCCC3)cc2)cc1. The Hall–Kier alpha value is -13.9. The molecule has 15 rings (SSSR count). The molecule has 3 aliphatic rings. The van der Waals surface area contributed by atoms with Gasteiger partial charge in [-0.3, -0.25) is 43.2 Å². The first-order valence-electron chi connectivity index (χ1n) is 44.5. The first-order chi connectivity index (χ1) is 62.4.